The Morgan fingerprint density at radius 2 is 1.76 bits per heavy atom. The molecule has 0 aliphatic carbocycles. The van der Waals surface area contributed by atoms with Gasteiger partial charge in [0.25, 0.3) is 0 Å². The monoisotopic (exact) mass is 288 g/mol. The van der Waals surface area contributed by atoms with Crippen LogP contribution in [0.15, 0.2) is 29.3 Å². The lowest BCUT2D eigenvalue weighted by Crippen LogP contribution is -2.24. The van der Waals surface area contributed by atoms with Gasteiger partial charge in [-0.15, -0.1) is 0 Å². The molecule has 0 aliphatic heterocycles. The van der Waals surface area contributed by atoms with Gasteiger partial charge in [0.1, 0.15) is 0 Å². The average Bonchev–Trinajstić information content (AvgIpc) is 2.42. The van der Waals surface area contributed by atoms with E-state index in [4.69, 9.17) is 5.73 Å². The molecule has 0 saturated carbocycles. The maximum Gasteiger partial charge on any atom is 0.0435 e. The molecule has 0 spiro atoms. The molecule has 1 aromatic carbocycles. The van der Waals surface area contributed by atoms with Crippen molar-refractivity contribution in [3.05, 3.63) is 35.4 Å². The number of hydrogen-bond acceptors (Lipinski definition) is 2. The molecule has 0 fully saturated rings. The van der Waals surface area contributed by atoms with Crippen LogP contribution in [0.2, 0.25) is 0 Å². The van der Waals surface area contributed by atoms with Crippen molar-refractivity contribution in [3.63, 3.8) is 0 Å². The van der Waals surface area contributed by atoms with Crippen molar-refractivity contribution in [1.82, 2.24) is 0 Å². The number of aliphatic imine (C=N–C) groups is 1. The summed E-state index contributed by atoms with van der Waals surface area (Å²) in [5.74, 6) is 0. The quantitative estimate of drug-likeness (QED) is 0.555. The zero-order chi connectivity index (χ0) is 15.7. The van der Waals surface area contributed by atoms with Crippen molar-refractivity contribution >= 4 is 6.21 Å². The van der Waals surface area contributed by atoms with E-state index in [-0.39, 0.29) is 11.5 Å². The summed E-state index contributed by atoms with van der Waals surface area (Å²) < 4.78 is 0. The van der Waals surface area contributed by atoms with E-state index in [2.05, 4.69) is 57.0 Å². The minimum Gasteiger partial charge on any atom is -0.323 e. The van der Waals surface area contributed by atoms with Gasteiger partial charge in [-0.25, -0.2) is 0 Å². The van der Waals surface area contributed by atoms with Crippen LogP contribution in [0.25, 0.3) is 0 Å². The van der Waals surface area contributed by atoms with Crippen LogP contribution in [-0.4, -0.2) is 18.8 Å². The van der Waals surface area contributed by atoms with Crippen LogP contribution < -0.4 is 5.73 Å². The first kappa shape index (κ1) is 17.9. The Hall–Kier alpha value is -1.15. The summed E-state index contributed by atoms with van der Waals surface area (Å²) in [6, 6.07) is 8.83. The van der Waals surface area contributed by atoms with Gasteiger partial charge >= 0.3 is 0 Å². The SMILES string of the molecule is CCCCCCN=CC(N)Cc1ccc(C(C)(C)C)cc1. The molecule has 2 nitrogen and oxygen atoms in total. The van der Waals surface area contributed by atoms with E-state index in [1.54, 1.807) is 0 Å². The second-order valence-corrected chi connectivity index (χ2v) is 6.93. The van der Waals surface area contributed by atoms with Gasteiger partial charge in [-0.05, 0) is 29.4 Å². The highest BCUT2D eigenvalue weighted by atomic mass is 14.7. The molecule has 0 saturated heterocycles. The fourth-order valence-corrected chi connectivity index (χ4v) is 2.31. The van der Waals surface area contributed by atoms with Crippen molar-refractivity contribution in [2.24, 2.45) is 10.7 Å². The van der Waals surface area contributed by atoms with Crippen LogP contribution in [0.1, 0.15) is 64.5 Å². The molecule has 0 heterocycles. The van der Waals surface area contributed by atoms with E-state index in [1.165, 1.54) is 36.8 Å². The van der Waals surface area contributed by atoms with Crippen molar-refractivity contribution in [2.45, 2.75) is 71.3 Å². The molecule has 0 bridgehead atoms. The third-order valence-electron chi connectivity index (χ3n) is 3.73. The lowest BCUT2D eigenvalue weighted by atomic mass is 9.86. The highest BCUT2D eigenvalue weighted by molar-refractivity contribution is 5.64. The number of benzene rings is 1. The second-order valence-electron chi connectivity index (χ2n) is 6.93. The maximum absolute atomic E-state index is 6.12. The fraction of sp³-hybridized carbons (Fsp3) is 0.632. The van der Waals surface area contributed by atoms with Crippen molar-refractivity contribution in [3.8, 4) is 0 Å². The summed E-state index contributed by atoms with van der Waals surface area (Å²) in [5.41, 5.74) is 8.98. The van der Waals surface area contributed by atoms with E-state index in [0.717, 1.165) is 13.0 Å². The topological polar surface area (TPSA) is 38.4 Å². The van der Waals surface area contributed by atoms with Crippen molar-refractivity contribution < 1.29 is 0 Å². The Balaban J connectivity index is 2.37. The van der Waals surface area contributed by atoms with Crippen LogP contribution in [-0.2, 0) is 11.8 Å². The Labute approximate surface area is 130 Å². The molecule has 1 rings (SSSR count). The van der Waals surface area contributed by atoms with Gasteiger partial charge in [0.2, 0.25) is 0 Å². The number of nitrogens with zero attached hydrogens (tertiary/aromatic N) is 1. The van der Waals surface area contributed by atoms with Gasteiger partial charge in [0.15, 0.2) is 0 Å². The molecule has 0 radical (unpaired) electrons. The van der Waals surface area contributed by atoms with Crippen LogP contribution in [0.4, 0.5) is 0 Å². The summed E-state index contributed by atoms with van der Waals surface area (Å²) >= 11 is 0. The predicted octanol–water partition coefficient (Wildman–Crippen LogP) is 4.51. The minimum atomic E-state index is 0.0247. The molecule has 118 valence electrons. The number of nitrogens with two attached hydrogens (primary N) is 1. The first-order valence-electron chi connectivity index (χ1n) is 8.28. The first-order chi connectivity index (χ1) is 9.93. The zero-order valence-corrected chi connectivity index (χ0v) is 14.2. The van der Waals surface area contributed by atoms with Crippen LogP contribution in [0.5, 0.6) is 0 Å². The molecule has 1 aromatic rings. The van der Waals surface area contributed by atoms with E-state index in [1.807, 2.05) is 6.21 Å². The predicted molar refractivity (Wildman–Crippen MR) is 94.3 cm³/mol. The second kappa shape index (κ2) is 8.99. The minimum absolute atomic E-state index is 0.0247. The lowest BCUT2D eigenvalue weighted by molar-refractivity contribution is 0.590. The Morgan fingerprint density at radius 1 is 1.10 bits per heavy atom. The van der Waals surface area contributed by atoms with E-state index >= 15 is 0 Å². The van der Waals surface area contributed by atoms with E-state index < -0.39 is 0 Å². The Morgan fingerprint density at radius 3 is 2.33 bits per heavy atom. The highest BCUT2D eigenvalue weighted by Gasteiger charge is 2.13. The van der Waals surface area contributed by atoms with Crippen LogP contribution >= 0.6 is 0 Å². The molecule has 21 heavy (non-hydrogen) atoms. The third-order valence-corrected chi connectivity index (χ3v) is 3.73. The molecular weight excluding hydrogens is 256 g/mol. The molecule has 1 atom stereocenters. The zero-order valence-electron chi connectivity index (χ0n) is 14.2. The third kappa shape index (κ3) is 7.42. The summed E-state index contributed by atoms with van der Waals surface area (Å²) in [6.07, 6.45) is 7.82. The number of hydrogen-bond donors (Lipinski definition) is 1. The summed E-state index contributed by atoms with van der Waals surface area (Å²) in [7, 11) is 0. The maximum atomic E-state index is 6.12. The normalized spacial score (nSPS) is 13.8. The average molecular weight is 288 g/mol. The smallest absolute Gasteiger partial charge is 0.0435 e. The summed E-state index contributed by atoms with van der Waals surface area (Å²) in [4.78, 5) is 4.45. The molecule has 2 N–H and O–H groups in total. The molecule has 0 aromatic heterocycles. The van der Waals surface area contributed by atoms with Gasteiger partial charge in [0.05, 0.1) is 0 Å². The van der Waals surface area contributed by atoms with Crippen molar-refractivity contribution in [2.75, 3.05) is 6.54 Å². The number of unbranched alkanes of at least 4 members (excludes halogenated alkanes) is 3. The van der Waals surface area contributed by atoms with E-state index in [9.17, 15) is 0 Å². The summed E-state index contributed by atoms with van der Waals surface area (Å²) in [5, 5.41) is 0. The van der Waals surface area contributed by atoms with Gasteiger partial charge in [-0.3, -0.25) is 4.99 Å². The van der Waals surface area contributed by atoms with Gasteiger partial charge in [0, 0.05) is 18.8 Å². The lowest BCUT2D eigenvalue weighted by Gasteiger charge is -2.19. The Bertz CT molecular complexity index is 412. The highest BCUT2D eigenvalue weighted by Crippen LogP contribution is 2.22. The molecule has 0 aliphatic rings. The first-order valence-corrected chi connectivity index (χ1v) is 8.28. The van der Waals surface area contributed by atoms with Gasteiger partial charge in [-0.2, -0.15) is 0 Å². The fourth-order valence-electron chi connectivity index (χ4n) is 2.31. The van der Waals surface area contributed by atoms with Gasteiger partial charge < -0.3 is 5.73 Å². The van der Waals surface area contributed by atoms with Crippen LogP contribution in [0.3, 0.4) is 0 Å². The molecule has 2 heteroatoms. The number of rotatable bonds is 8. The summed E-state index contributed by atoms with van der Waals surface area (Å²) in [6.45, 7) is 9.84. The largest absolute Gasteiger partial charge is 0.323 e. The molecule has 0 amide bonds. The molecular formula is C19H32N2. The van der Waals surface area contributed by atoms with Gasteiger partial charge in [-0.1, -0.05) is 71.2 Å². The van der Waals surface area contributed by atoms with Crippen LogP contribution in [0, 0.1) is 0 Å². The standard InChI is InChI=1S/C19H32N2/c1-5-6-7-8-13-21-15-18(20)14-16-9-11-17(12-10-16)19(2,3)4/h9-12,15,18H,5-8,13-14,20H2,1-4H3. The van der Waals surface area contributed by atoms with E-state index in [0.29, 0.717) is 0 Å². The molecule has 1 unspecified atom stereocenters. The van der Waals surface area contributed by atoms with Crippen molar-refractivity contribution in [1.29, 1.82) is 0 Å². The Kier molecular flexibility index (Phi) is 7.66.